The number of alkyl halides is 1. The van der Waals surface area contributed by atoms with Crippen molar-refractivity contribution in [3.63, 3.8) is 0 Å². The first-order valence-corrected chi connectivity index (χ1v) is 15.7. The third-order valence-corrected chi connectivity index (χ3v) is 10.5. The van der Waals surface area contributed by atoms with Gasteiger partial charge in [0.1, 0.15) is 24.1 Å². The minimum atomic E-state index is -0.983. The van der Waals surface area contributed by atoms with E-state index < -0.39 is 29.3 Å². The second-order valence-corrected chi connectivity index (χ2v) is 13.0. The number of carbonyl (C=O) groups excluding carboxylic acids is 1. The third kappa shape index (κ3) is 4.47. The Balaban J connectivity index is 1.21. The van der Waals surface area contributed by atoms with Crippen LogP contribution in [0.1, 0.15) is 25.7 Å². The lowest BCUT2D eigenvalue weighted by Crippen LogP contribution is -2.63. The number of hydrogen-bond acceptors (Lipinski definition) is 6. The van der Waals surface area contributed by atoms with Crippen LogP contribution in [-0.4, -0.2) is 82.3 Å². The predicted octanol–water partition coefficient (Wildman–Crippen LogP) is 6.47. The van der Waals surface area contributed by atoms with Gasteiger partial charge in [-0.1, -0.05) is 54.6 Å². The van der Waals surface area contributed by atoms with E-state index in [0.29, 0.717) is 59.8 Å². The van der Waals surface area contributed by atoms with E-state index in [2.05, 4.69) is 16.5 Å². The van der Waals surface area contributed by atoms with Gasteiger partial charge >= 0.3 is 6.01 Å². The van der Waals surface area contributed by atoms with Crippen LogP contribution < -0.4 is 9.64 Å². The summed E-state index contributed by atoms with van der Waals surface area (Å²) in [7, 11) is 0. The number of ether oxygens (including phenoxy) is 1. The maximum Gasteiger partial charge on any atom is 0.319 e. The fourth-order valence-corrected chi connectivity index (χ4v) is 8.34. The van der Waals surface area contributed by atoms with Crippen molar-refractivity contribution in [3.8, 4) is 17.1 Å². The first-order valence-electron chi connectivity index (χ1n) is 15.4. The molecule has 45 heavy (non-hydrogen) atoms. The summed E-state index contributed by atoms with van der Waals surface area (Å²) < 4.78 is 51.1. The number of aromatic nitrogens is 2. The molecule has 0 radical (unpaired) electrons. The molecule has 3 aromatic carbocycles. The van der Waals surface area contributed by atoms with Crippen molar-refractivity contribution in [3.05, 3.63) is 71.8 Å². The molecule has 11 heteroatoms. The van der Waals surface area contributed by atoms with E-state index >= 15 is 4.39 Å². The Morgan fingerprint density at radius 3 is 2.71 bits per heavy atom. The molecule has 0 saturated carbocycles. The summed E-state index contributed by atoms with van der Waals surface area (Å²) in [5, 5.41) is 2.64. The molecule has 1 unspecified atom stereocenters. The topological polar surface area (TPSA) is 61.8 Å². The second-order valence-electron chi connectivity index (χ2n) is 12.6. The zero-order valence-electron chi connectivity index (χ0n) is 24.5. The first-order chi connectivity index (χ1) is 21.7. The van der Waals surface area contributed by atoms with Crippen molar-refractivity contribution in [1.29, 1.82) is 0 Å². The molecule has 232 valence electrons. The number of nitrogens with zero attached hydrogens (tertiary/aromatic N) is 5. The van der Waals surface area contributed by atoms with E-state index in [1.165, 1.54) is 4.90 Å². The molecule has 0 aliphatic carbocycles. The average molecular weight is 634 g/mol. The molecule has 1 amide bonds. The number of hydrogen-bond donors (Lipinski definition) is 0. The number of rotatable bonds is 6. The number of halogens is 4. The van der Waals surface area contributed by atoms with Crippen LogP contribution in [-0.2, 0) is 4.79 Å². The maximum absolute atomic E-state index is 16.7. The molecule has 8 rings (SSSR count). The van der Waals surface area contributed by atoms with Gasteiger partial charge in [0, 0.05) is 47.4 Å². The molecule has 4 saturated heterocycles. The molecule has 4 aromatic rings. The van der Waals surface area contributed by atoms with Gasteiger partial charge in [0.25, 0.3) is 5.91 Å². The number of amides is 1. The van der Waals surface area contributed by atoms with Gasteiger partial charge in [0.05, 0.1) is 17.6 Å². The molecular formula is C34H31ClF3N5O2. The Hall–Kier alpha value is -3.89. The molecule has 1 aromatic heterocycles. The van der Waals surface area contributed by atoms with Crippen LogP contribution in [0.15, 0.2) is 60.9 Å². The second kappa shape index (κ2) is 10.6. The van der Waals surface area contributed by atoms with Crippen molar-refractivity contribution < 1.29 is 22.7 Å². The van der Waals surface area contributed by atoms with Gasteiger partial charge in [-0.25, -0.2) is 13.2 Å². The summed E-state index contributed by atoms with van der Waals surface area (Å²) in [6, 6.07) is 14.4. The number of fused-ring (bicyclic) bond motifs is 4. The Bertz CT molecular complexity index is 1880. The molecule has 0 N–H and O–H groups in total. The van der Waals surface area contributed by atoms with Crippen molar-refractivity contribution in [2.24, 2.45) is 0 Å². The number of benzene rings is 3. The molecule has 5 heterocycles. The van der Waals surface area contributed by atoms with Gasteiger partial charge in [-0.2, -0.15) is 9.97 Å². The van der Waals surface area contributed by atoms with E-state index in [-0.39, 0.29) is 30.2 Å². The first kappa shape index (κ1) is 28.6. The van der Waals surface area contributed by atoms with Crippen molar-refractivity contribution in [2.75, 3.05) is 37.7 Å². The minimum absolute atomic E-state index is 0.0135. The molecular weight excluding hydrogens is 603 g/mol. The summed E-state index contributed by atoms with van der Waals surface area (Å²) in [4.78, 5) is 27.5. The van der Waals surface area contributed by atoms with Crippen LogP contribution in [0, 0.1) is 5.82 Å². The molecule has 0 bridgehead atoms. The third-order valence-electron chi connectivity index (χ3n) is 10.2. The van der Waals surface area contributed by atoms with Crippen LogP contribution in [0.2, 0.25) is 5.02 Å². The highest BCUT2D eigenvalue weighted by atomic mass is 35.5. The van der Waals surface area contributed by atoms with Crippen LogP contribution in [0.3, 0.4) is 0 Å². The van der Waals surface area contributed by atoms with E-state index in [4.69, 9.17) is 21.3 Å². The number of anilines is 1. The minimum Gasteiger partial charge on any atom is -0.461 e. The fraction of sp³-hybridized carbons (Fsp3) is 0.382. The number of carbonyl (C=O) groups is 1. The van der Waals surface area contributed by atoms with Gasteiger partial charge in [0.15, 0.2) is 11.6 Å². The van der Waals surface area contributed by atoms with E-state index in [1.807, 2.05) is 35.2 Å². The Morgan fingerprint density at radius 2 is 1.89 bits per heavy atom. The lowest BCUT2D eigenvalue weighted by atomic mass is 9.94. The van der Waals surface area contributed by atoms with E-state index in [1.54, 1.807) is 18.2 Å². The van der Waals surface area contributed by atoms with Crippen LogP contribution in [0.25, 0.3) is 32.8 Å². The highest BCUT2D eigenvalue weighted by Crippen LogP contribution is 2.44. The molecule has 4 aliphatic heterocycles. The summed E-state index contributed by atoms with van der Waals surface area (Å²) in [5.74, 6) is -1.73. The predicted molar refractivity (Wildman–Crippen MR) is 167 cm³/mol. The summed E-state index contributed by atoms with van der Waals surface area (Å²) in [6.45, 7) is 5.37. The molecule has 0 spiro atoms. The normalized spacial score (nSPS) is 25.9. The Morgan fingerprint density at radius 1 is 1.07 bits per heavy atom. The Labute approximate surface area is 263 Å². The fourth-order valence-electron chi connectivity index (χ4n) is 8.06. The van der Waals surface area contributed by atoms with Gasteiger partial charge in [0.2, 0.25) is 0 Å². The van der Waals surface area contributed by atoms with E-state index in [0.717, 1.165) is 30.2 Å². The van der Waals surface area contributed by atoms with Gasteiger partial charge < -0.3 is 14.5 Å². The van der Waals surface area contributed by atoms with E-state index in [9.17, 15) is 13.6 Å². The van der Waals surface area contributed by atoms with Crippen molar-refractivity contribution in [2.45, 2.75) is 49.5 Å². The molecule has 4 atom stereocenters. The standard InChI is InChI=1S/C34H31ClF3N5O2/c1-19(36)32(44)42-14-11-26-27(42)17-43(26)31-24-10-9-23(22-7-2-5-20-6-3-8-25(35)28(20)22)29(38)30(24)39-33(40-31)45-18-34-12-4-13-41(34)16-21(37)15-34/h2-3,5-10,21,26-27H,1,4,11-18H2/t21-,26?,27-,34+/m1/s1. The SMILES string of the molecule is C=C(F)C(=O)N1CCC2[C@H]1CN2c1nc(OC[C@@]23CCCN2C[C@H](F)C3)nc2c(F)c(-c3cccc4cccc(Cl)c34)ccc12. The van der Waals surface area contributed by atoms with Gasteiger partial charge in [-0.15, -0.1) is 0 Å². The zero-order chi connectivity index (χ0) is 31.0. The summed E-state index contributed by atoms with van der Waals surface area (Å²) in [6.07, 6.45) is 1.85. The number of likely N-dealkylation sites (tertiary alicyclic amines) is 1. The highest BCUT2D eigenvalue weighted by Gasteiger charge is 2.51. The largest absolute Gasteiger partial charge is 0.461 e. The summed E-state index contributed by atoms with van der Waals surface area (Å²) in [5.41, 5.74) is 0.648. The van der Waals surface area contributed by atoms with Crippen LogP contribution in [0.4, 0.5) is 19.0 Å². The van der Waals surface area contributed by atoms with Gasteiger partial charge in [-0.3, -0.25) is 9.69 Å². The quantitative estimate of drug-likeness (QED) is 0.227. The van der Waals surface area contributed by atoms with Crippen LogP contribution in [0.5, 0.6) is 6.01 Å². The molecule has 4 aliphatic rings. The monoisotopic (exact) mass is 633 g/mol. The Kier molecular flexibility index (Phi) is 6.73. The zero-order valence-corrected chi connectivity index (χ0v) is 25.2. The molecule has 4 fully saturated rings. The average Bonchev–Trinajstić information content (AvgIpc) is 3.65. The maximum atomic E-state index is 16.7. The van der Waals surface area contributed by atoms with Crippen molar-refractivity contribution >= 4 is 45.0 Å². The molecule has 7 nitrogen and oxygen atoms in total. The van der Waals surface area contributed by atoms with Crippen LogP contribution >= 0.6 is 11.6 Å². The lowest BCUT2D eigenvalue weighted by molar-refractivity contribution is -0.130. The van der Waals surface area contributed by atoms with Crippen molar-refractivity contribution in [1.82, 2.24) is 19.8 Å². The lowest BCUT2D eigenvalue weighted by Gasteiger charge is -2.47. The van der Waals surface area contributed by atoms with Gasteiger partial charge in [-0.05, 0) is 48.9 Å². The summed E-state index contributed by atoms with van der Waals surface area (Å²) >= 11 is 6.60. The highest BCUT2D eigenvalue weighted by molar-refractivity contribution is 6.36. The smallest absolute Gasteiger partial charge is 0.319 e.